The Morgan fingerprint density at radius 1 is 1.19 bits per heavy atom. The number of furan rings is 1. The van der Waals surface area contributed by atoms with E-state index in [9.17, 15) is 13.2 Å². The number of halogens is 2. The molecule has 0 aliphatic rings. The number of ether oxygens (including phenoxy) is 1. The minimum Gasteiger partial charge on any atom is -0.492 e. The molecule has 1 heterocycles. The van der Waals surface area contributed by atoms with Crippen LogP contribution in [0.25, 0.3) is 0 Å². The number of aryl methyl sites for hydroxylation is 1. The van der Waals surface area contributed by atoms with Crippen LogP contribution in [-0.4, -0.2) is 49.8 Å². The lowest BCUT2D eigenvalue weighted by Crippen LogP contribution is -2.34. The summed E-state index contributed by atoms with van der Waals surface area (Å²) in [6, 6.07) is 7.70. The first-order chi connectivity index (χ1) is 12.6. The van der Waals surface area contributed by atoms with Crippen LogP contribution in [0.2, 0.25) is 10.0 Å². The van der Waals surface area contributed by atoms with Gasteiger partial charge >= 0.3 is 5.97 Å². The van der Waals surface area contributed by atoms with Crippen LogP contribution in [0.15, 0.2) is 34.7 Å². The monoisotopic (exact) mass is 435 g/mol. The van der Waals surface area contributed by atoms with Crippen molar-refractivity contribution in [1.82, 2.24) is 4.31 Å². The predicted molar refractivity (Wildman–Crippen MR) is 102 cm³/mol. The van der Waals surface area contributed by atoms with E-state index in [2.05, 4.69) is 0 Å². The highest BCUT2D eigenvalue weighted by Crippen LogP contribution is 2.24. The van der Waals surface area contributed by atoms with E-state index in [1.54, 1.807) is 24.3 Å². The smallest absolute Gasteiger partial charge is 0.371 e. The van der Waals surface area contributed by atoms with Gasteiger partial charge in [0.05, 0.1) is 6.26 Å². The second kappa shape index (κ2) is 9.45. The molecule has 0 aliphatic heterocycles. The fourth-order valence-corrected chi connectivity index (χ4v) is 3.75. The lowest BCUT2D eigenvalue weighted by Gasteiger charge is -2.20. The molecule has 1 aromatic heterocycles. The Morgan fingerprint density at radius 2 is 1.85 bits per heavy atom. The molecule has 2 rings (SSSR count). The van der Waals surface area contributed by atoms with E-state index in [4.69, 9.17) is 37.5 Å². The molecule has 0 amide bonds. The van der Waals surface area contributed by atoms with E-state index < -0.39 is 16.0 Å². The third-order valence-electron chi connectivity index (χ3n) is 3.62. The van der Waals surface area contributed by atoms with Crippen molar-refractivity contribution >= 4 is 39.2 Å². The number of benzene rings is 1. The molecular weight excluding hydrogens is 417 g/mol. The van der Waals surface area contributed by atoms with Crippen molar-refractivity contribution in [3.05, 3.63) is 51.9 Å². The average molecular weight is 436 g/mol. The topological polar surface area (TPSA) is 97.1 Å². The van der Waals surface area contributed by atoms with E-state index in [0.717, 1.165) is 6.26 Å². The number of hydrogen-bond acceptors (Lipinski definition) is 5. The largest absolute Gasteiger partial charge is 0.492 e. The fraction of sp³-hybridized carbons (Fsp3) is 0.353. The van der Waals surface area contributed by atoms with Gasteiger partial charge in [0.2, 0.25) is 15.8 Å². The lowest BCUT2D eigenvalue weighted by molar-refractivity contribution is 0.0660. The summed E-state index contributed by atoms with van der Waals surface area (Å²) >= 11 is 11.8. The van der Waals surface area contributed by atoms with E-state index in [1.807, 2.05) is 0 Å². The number of rotatable bonds is 10. The first-order valence-corrected chi connectivity index (χ1v) is 10.6. The third kappa shape index (κ3) is 7.06. The molecule has 0 saturated heterocycles. The minimum absolute atomic E-state index is 0.133. The van der Waals surface area contributed by atoms with Gasteiger partial charge in [-0.15, -0.1) is 0 Å². The number of aromatic carboxylic acids is 1. The summed E-state index contributed by atoms with van der Waals surface area (Å²) in [6.45, 7) is 0.538. The summed E-state index contributed by atoms with van der Waals surface area (Å²) in [5.41, 5.74) is 0. The van der Waals surface area contributed by atoms with Gasteiger partial charge < -0.3 is 14.3 Å². The van der Waals surface area contributed by atoms with Crippen LogP contribution in [0.5, 0.6) is 5.75 Å². The molecule has 1 N–H and O–H groups in total. The Kier molecular flexibility index (Phi) is 7.55. The highest BCUT2D eigenvalue weighted by atomic mass is 35.5. The van der Waals surface area contributed by atoms with Gasteiger partial charge in [0.15, 0.2) is 0 Å². The summed E-state index contributed by atoms with van der Waals surface area (Å²) in [4.78, 5) is 10.8. The fourth-order valence-electron chi connectivity index (χ4n) is 2.38. The van der Waals surface area contributed by atoms with Gasteiger partial charge in [-0.2, -0.15) is 4.31 Å². The third-order valence-corrected chi connectivity index (χ3v) is 5.36. The van der Waals surface area contributed by atoms with Crippen molar-refractivity contribution in [2.45, 2.75) is 12.8 Å². The Labute approximate surface area is 167 Å². The molecule has 148 valence electrons. The van der Waals surface area contributed by atoms with Crippen LogP contribution >= 0.6 is 23.2 Å². The zero-order valence-electron chi connectivity index (χ0n) is 14.5. The number of carbonyl (C=O) groups is 1. The van der Waals surface area contributed by atoms with Gasteiger partial charge in [0.1, 0.15) is 18.1 Å². The number of nitrogens with zero attached hydrogens (tertiary/aromatic N) is 1. The molecule has 0 aliphatic carbocycles. The van der Waals surface area contributed by atoms with Gasteiger partial charge in [-0.05, 0) is 36.8 Å². The van der Waals surface area contributed by atoms with Crippen LogP contribution in [0.1, 0.15) is 22.7 Å². The van der Waals surface area contributed by atoms with Crippen molar-refractivity contribution in [3.8, 4) is 5.75 Å². The second-order valence-electron chi connectivity index (χ2n) is 5.79. The normalized spacial score (nSPS) is 11.7. The maximum Gasteiger partial charge on any atom is 0.371 e. The molecular formula is C17H19Cl2NO6S. The highest BCUT2D eigenvalue weighted by molar-refractivity contribution is 7.88. The minimum atomic E-state index is -3.42. The standard InChI is InChI=1S/C17H19Cl2NO6S/c1-27(23,24)20(6-2-3-14-4-5-16(26-14)17(21)22)7-8-25-15-10-12(18)9-13(19)11-15/h4-5,9-11H,2-3,6-8H2,1H3,(H,21,22). The summed E-state index contributed by atoms with van der Waals surface area (Å²) in [5.74, 6) is -0.334. The summed E-state index contributed by atoms with van der Waals surface area (Å²) in [5, 5.41) is 9.69. The van der Waals surface area contributed by atoms with Crippen molar-refractivity contribution in [2.24, 2.45) is 0 Å². The van der Waals surface area contributed by atoms with Crippen LogP contribution in [0.4, 0.5) is 0 Å². The molecule has 0 radical (unpaired) electrons. The predicted octanol–water partition coefficient (Wildman–Crippen LogP) is 3.56. The van der Waals surface area contributed by atoms with E-state index >= 15 is 0 Å². The van der Waals surface area contributed by atoms with Crippen molar-refractivity contribution in [1.29, 1.82) is 0 Å². The van der Waals surface area contributed by atoms with Crippen LogP contribution in [0, 0.1) is 0 Å². The number of hydrogen-bond donors (Lipinski definition) is 1. The Morgan fingerprint density at radius 3 is 2.41 bits per heavy atom. The van der Waals surface area contributed by atoms with Crippen molar-refractivity contribution in [2.75, 3.05) is 26.0 Å². The SMILES string of the molecule is CS(=O)(=O)N(CCCc1ccc(C(=O)O)o1)CCOc1cc(Cl)cc(Cl)c1. The molecule has 1 aromatic carbocycles. The molecule has 0 fully saturated rings. The summed E-state index contributed by atoms with van der Waals surface area (Å²) in [7, 11) is -3.42. The van der Waals surface area contributed by atoms with Crippen LogP contribution in [0.3, 0.4) is 0 Å². The highest BCUT2D eigenvalue weighted by Gasteiger charge is 2.17. The average Bonchev–Trinajstić information content (AvgIpc) is 3.00. The van der Waals surface area contributed by atoms with E-state index in [1.165, 1.54) is 10.4 Å². The van der Waals surface area contributed by atoms with Gasteiger partial charge in [-0.25, -0.2) is 13.2 Å². The van der Waals surface area contributed by atoms with Crippen LogP contribution < -0.4 is 4.74 Å². The van der Waals surface area contributed by atoms with Crippen molar-refractivity contribution < 1.29 is 27.5 Å². The van der Waals surface area contributed by atoms with Crippen molar-refractivity contribution in [3.63, 3.8) is 0 Å². The summed E-state index contributed by atoms with van der Waals surface area (Å²) in [6.07, 6.45) is 2.02. The van der Waals surface area contributed by atoms with Gasteiger partial charge in [0, 0.05) is 29.6 Å². The van der Waals surface area contributed by atoms with Gasteiger partial charge in [-0.3, -0.25) is 0 Å². The summed E-state index contributed by atoms with van der Waals surface area (Å²) < 4.78 is 35.9. The first-order valence-electron chi connectivity index (χ1n) is 8.01. The molecule has 27 heavy (non-hydrogen) atoms. The molecule has 2 aromatic rings. The number of sulfonamides is 1. The number of carboxylic acids is 1. The molecule has 0 atom stereocenters. The molecule has 0 saturated carbocycles. The zero-order chi connectivity index (χ0) is 20.0. The molecule has 10 heteroatoms. The lowest BCUT2D eigenvalue weighted by atomic mass is 10.2. The Balaban J connectivity index is 1.86. The van der Waals surface area contributed by atoms with Gasteiger partial charge in [0.25, 0.3) is 0 Å². The number of carboxylic acid groups (broad SMARTS) is 1. The second-order valence-corrected chi connectivity index (χ2v) is 8.65. The maximum absolute atomic E-state index is 11.9. The van der Waals surface area contributed by atoms with E-state index in [0.29, 0.717) is 34.4 Å². The van der Waals surface area contributed by atoms with Gasteiger partial charge in [-0.1, -0.05) is 23.2 Å². The maximum atomic E-state index is 11.9. The zero-order valence-corrected chi connectivity index (χ0v) is 16.9. The quantitative estimate of drug-likeness (QED) is 0.612. The molecule has 0 unspecified atom stereocenters. The first kappa shape index (κ1) is 21.6. The Bertz CT molecular complexity index is 876. The Hall–Kier alpha value is -1.74. The molecule has 0 spiro atoms. The molecule has 7 nitrogen and oxygen atoms in total. The molecule has 0 bridgehead atoms. The van der Waals surface area contributed by atoms with Crippen LogP contribution in [-0.2, 0) is 16.4 Å². The van der Waals surface area contributed by atoms with E-state index in [-0.39, 0.29) is 25.5 Å².